The lowest BCUT2D eigenvalue weighted by atomic mass is 10.0. The fourth-order valence-corrected chi connectivity index (χ4v) is 1.75. The second-order valence-electron chi connectivity index (χ2n) is 4.73. The van der Waals surface area contributed by atoms with Crippen molar-refractivity contribution in [2.24, 2.45) is 0 Å². The van der Waals surface area contributed by atoms with Crippen molar-refractivity contribution >= 4 is 5.91 Å². The third kappa shape index (κ3) is 4.88. The van der Waals surface area contributed by atoms with E-state index in [4.69, 9.17) is 0 Å². The van der Waals surface area contributed by atoms with Gasteiger partial charge in [-0.3, -0.25) is 4.79 Å². The summed E-state index contributed by atoms with van der Waals surface area (Å²) < 4.78 is 0. The minimum atomic E-state index is -0.136. The van der Waals surface area contributed by atoms with Crippen molar-refractivity contribution in [3.8, 4) is 0 Å². The van der Waals surface area contributed by atoms with Gasteiger partial charge in [0.2, 0.25) is 5.91 Å². The molecule has 2 N–H and O–H groups in total. The summed E-state index contributed by atoms with van der Waals surface area (Å²) in [4.78, 5) is 11.7. The van der Waals surface area contributed by atoms with Gasteiger partial charge < -0.3 is 10.6 Å². The highest BCUT2D eigenvalue weighted by Crippen LogP contribution is 2.13. The summed E-state index contributed by atoms with van der Waals surface area (Å²) in [6, 6.07) is 10.2. The average molecular weight is 248 g/mol. The fourth-order valence-electron chi connectivity index (χ4n) is 1.75. The topological polar surface area (TPSA) is 41.1 Å². The molecule has 1 aromatic carbocycles. The van der Waals surface area contributed by atoms with Gasteiger partial charge in [0.05, 0.1) is 6.04 Å². The standard InChI is InChI=1S/C15H24N2O/c1-4-10-16-15(18)13(3)17-11-12(2)14-8-6-5-7-9-14/h5-9,12-13,17H,4,10-11H2,1-3H3,(H,16,18). The smallest absolute Gasteiger partial charge is 0.236 e. The van der Waals surface area contributed by atoms with Gasteiger partial charge in [-0.1, -0.05) is 44.2 Å². The molecule has 0 heterocycles. The Labute approximate surface area is 110 Å². The number of hydrogen-bond acceptors (Lipinski definition) is 2. The Morgan fingerprint density at radius 1 is 1.22 bits per heavy atom. The molecule has 0 aliphatic heterocycles. The number of carbonyl (C=O) groups is 1. The van der Waals surface area contributed by atoms with Crippen molar-refractivity contribution in [3.05, 3.63) is 35.9 Å². The van der Waals surface area contributed by atoms with Gasteiger partial charge in [0, 0.05) is 13.1 Å². The van der Waals surface area contributed by atoms with E-state index in [1.807, 2.05) is 25.1 Å². The van der Waals surface area contributed by atoms with Crippen LogP contribution >= 0.6 is 0 Å². The summed E-state index contributed by atoms with van der Waals surface area (Å²) >= 11 is 0. The Hall–Kier alpha value is -1.35. The van der Waals surface area contributed by atoms with E-state index in [0.717, 1.165) is 19.5 Å². The summed E-state index contributed by atoms with van der Waals surface area (Å²) in [7, 11) is 0. The van der Waals surface area contributed by atoms with E-state index in [2.05, 4.69) is 36.6 Å². The van der Waals surface area contributed by atoms with Gasteiger partial charge in [0.1, 0.15) is 0 Å². The van der Waals surface area contributed by atoms with Gasteiger partial charge in [-0.2, -0.15) is 0 Å². The summed E-state index contributed by atoms with van der Waals surface area (Å²) in [5, 5.41) is 6.17. The molecule has 18 heavy (non-hydrogen) atoms. The molecule has 3 nitrogen and oxygen atoms in total. The molecule has 1 rings (SSSR count). The molecular formula is C15H24N2O. The Kier molecular flexibility index (Phi) is 6.44. The Morgan fingerprint density at radius 2 is 1.89 bits per heavy atom. The third-order valence-corrected chi connectivity index (χ3v) is 3.04. The summed E-state index contributed by atoms with van der Waals surface area (Å²) in [6.07, 6.45) is 0.971. The molecular weight excluding hydrogens is 224 g/mol. The first-order valence-corrected chi connectivity index (χ1v) is 6.71. The number of rotatable bonds is 7. The largest absolute Gasteiger partial charge is 0.355 e. The van der Waals surface area contributed by atoms with Crippen molar-refractivity contribution in [2.75, 3.05) is 13.1 Å². The first-order valence-electron chi connectivity index (χ1n) is 6.71. The quantitative estimate of drug-likeness (QED) is 0.777. The number of amides is 1. The highest BCUT2D eigenvalue weighted by atomic mass is 16.2. The van der Waals surface area contributed by atoms with Crippen LogP contribution in [-0.4, -0.2) is 25.0 Å². The Morgan fingerprint density at radius 3 is 2.50 bits per heavy atom. The number of carbonyl (C=O) groups excluding carboxylic acids is 1. The molecule has 1 aromatic rings. The predicted molar refractivity (Wildman–Crippen MR) is 75.6 cm³/mol. The number of hydrogen-bond donors (Lipinski definition) is 2. The molecule has 100 valence electrons. The molecule has 0 fully saturated rings. The maximum Gasteiger partial charge on any atom is 0.236 e. The summed E-state index contributed by atoms with van der Waals surface area (Å²) in [6.45, 7) is 7.68. The van der Waals surface area contributed by atoms with Crippen LogP contribution < -0.4 is 10.6 Å². The lowest BCUT2D eigenvalue weighted by Crippen LogP contribution is -2.43. The lowest BCUT2D eigenvalue weighted by molar-refractivity contribution is -0.122. The number of nitrogens with one attached hydrogen (secondary N) is 2. The minimum Gasteiger partial charge on any atom is -0.355 e. The Bertz CT molecular complexity index is 351. The molecule has 2 atom stereocenters. The van der Waals surface area contributed by atoms with Crippen LogP contribution in [0.15, 0.2) is 30.3 Å². The molecule has 0 aliphatic rings. The van der Waals surface area contributed by atoms with E-state index >= 15 is 0 Å². The van der Waals surface area contributed by atoms with Crippen LogP contribution in [0, 0.1) is 0 Å². The lowest BCUT2D eigenvalue weighted by Gasteiger charge is -2.17. The van der Waals surface area contributed by atoms with Crippen LogP contribution in [0.2, 0.25) is 0 Å². The first-order chi connectivity index (χ1) is 8.65. The summed E-state index contributed by atoms with van der Waals surface area (Å²) in [5.74, 6) is 0.490. The zero-order valence-electron chi connectivity index (χ0n) is 11.6. The van der Waals surface area contributed by atoms with Crippen LogP contribution in [-0.2, 0) is 4.79 Å². The van der Waals surface area contributed by atoms with E-state index in [1.54, 1.807) is 0 Å². The van der Waals surface area contributed by atoms with E-state index in [-0.39, 0.29) is 11.9 Å². The molecule has 1 amide bonds. The van der Waals surface area contributed by atoms with Gasteiger partial charge in [-0.15, -0.1) is 0 Å². The van der Waals surface area contributed by atoms with E-state index in [9.17, 15) is 4.79 Å². The predicted octanol–water partition coefficient (Wildman–Crippen LogP) is 2.29. The van der Waals surface area contributed by atoms with Crippen molar-refractivity contribution in [2.45, 2.75) is 39.2 Å². The fraction of sp³-hybridized carbons (Fsp3) is 0.533. The molecule has 0 spiro atoms. The van der Waals surface area contributed by atoms with Crippen LogP contribution in [0.5, 0.6) is 0 Å². The van der Waals surface area contributed by atoms with Gasteiger partial charge in [0.25, 0.3) is 0 Å². The first kappa shape index (κ1) is 14.7. The zero-order chi connectivity index (χ0) is 13.4. The minimum absolute atomic E-state index is 0.0807. The van der Waals surface area contributed by atoms with Gasteiger partial charge in [0.15, 0.2) is 0 Å². The van der Waals surface area contributed by atoms with Gasteiger partial charge in [-0.05, 0) is 24.8 Å². The molecule has 0 aromatic heterocycles. The molecule has 0 radical (unpaired) electrons. The van der Waals surface area contributed by atoms with Gasteiger partial charge >= 0.3 is 0 Å². The number of benzene rings is 1. The van der Waals surface area contributed by atoms with E-state index in [1.165, 1.54) is 5.56 Å². The average Bonchev–Trinajstić information content (AvgIpc) is 2.42. The monoisotopic (exact) mass is 248 g/mol. The molecule has 2 unspecified atom stereocenters. The SMILES string of the molecule is CCCNC(=O)C(C)NCC(C)c1ccccc1. The normalized spacial score (nSPS) is 13.9. The van der Waals surface area contributed by atoms with Crippen molar-refractivity contribution in [1.29, 1.82) is 0 Å². The highest BCUT2D eigenvalue weighted by Gasteiger charge is 2.13. The second-order valence-corrected chi connectivity index (χ2v) is 4.73. The molecule has 0 bridgehead atoms. The molecule has 0 saturated carbocycles. The molecule has 3 heteroatoms. The molecule has 0 saturated heterocycles. The second kappa shape index (κ2) is 7.88. The van der Waals surface area contributed by atoms with Crippen LogP contribution in [0.4, 0.5) is 0 Å². The van der Waals surface area contributed by atoms with Crippen molar-refractivity contribution in [3.63, 3.8) is 0 Å². The highest BCUT2D eigenvalue weighted by molar-refractivity contribution is 5.81. The van der Waals surface area contributed by atoms with Crippen LogP contribution in [0.1, 0.15) is 38.7 Å². The summed E-state index contributed by atoms with van der Waals surface area (Å²) in [5.41, 5.74) is 1.30. The molecule has 0 aliphatic carbocycles. The van der Waals surface area contributed by atoms with Crippen LogP contribution in [0.3, 0.4) is 0 Å². The van der Waals surface area contributed by atoms with Crippen LogP contribution in [0.25, 0.3) is 0 Å². The van der Waals surface area contributed by atoms with E-state index < -0.39 is 0 Å². The van der Waals surface area contributed by atoms with Crippen molar-refractivity contribution < 1.29 is 4.79 Å². The third-order valence-electron chi connectivity index (χ3n) is 3.04. The maximum atomic E-state index is 11.7. The Balaban J connectivity index is 2.34. The van der Waals surface area contributed by atoms with Crippen molar-refractivity contribution in [1.82, 2.24) is 10.6 Å². The van der Waals surface area contributed by atoms with Gasteiger partial charge in [-0.25, -0.2) is 0 Å². The maximum absolute atomic E-state index is 11.7. The van der Waals surface area contributed by atoms with E-state index in [0.29, 0.717) is 5.92 Å². The zero-order valence-corrected chi connectivity index (χ0v) is 11.6.